The van der Waals surface area contributed by atoms with Crippen LogP contribution in [0.3, 0.4) is 0 Å². The summed E-state index contributed by atoms with van der Waals surface area (Å²) in [5, 5.41) is 2.15. The van der Waals surface area contributed by atoms with Gasteiger partial charge in [0.25, 0.3) is 5.91 Å². The van der Waals surface area contributed by atoms with Crippen molar-refractivity contribution in [3.05, 3.63) is 33.7 Å². The largest absolute Gasteiger partial charge is 0.771 e. The van der Waals surface area contributed by atoms with E-state index in [4.69, 9.17) is 0 Å². The van der Waals surface area contributed by atoms with Crippen molar-refractivity contribution < 1.29 is 13.6 Å². The Bertz CT molecular complexity index is 531. The number of carbonyl (C=O) groups is 1. The van der Waals surface area contributed by atoms with E-state index in [0.29, 0.717) is 5.56 Å². The molecule has 1 aromatic heterocycles. The van der Waals surface area contributed by atoms with E-state index in [0.717, 1.165) is 0 Å². The minimum Gasteiger partial charge on any atom is -0.771 e. The smallest absolute Gasteiger partial charge is 0.257 e. The Morgan fingerprint density at radius 1 is 1.44 bits per heavy atom. The molecule has 1 amide bonds. The molecular weight excluding hydrogens is 256 g/mol. The number of nitrogens with one attached hydrogen (secondary N) is 2. The van der Waals surface area contributed by atoms with Crippen LogP contribution in [0.4, 0.5) is 0 Å². The summed E-state index contributed by atoms with van der Waals surface area (Å²) in [5.74, 6) is -1.22. The molecule has 0 aliphatic heterocycles. The number of hydrogen-bond acceptors (Lipinski definition) is 4. The highest BCUT2D eigenvalue weighted by Gasteiger charge is 2.21. The van der Waals surface area contributed by atoms with Crippen molar-refractivity contribution in [3.8, 4) is 0 Å². The lowest BCUT2D eigenvalue weighted by atomic mass is 9.87. The third-order valence-electron chi connectivity index (χ3n) is 2.35. The molecule has 1 aromatic rings. The van der Waals surface area contributed by atoms with Crippen LogP contribution in [-0.4, -0.2) is 25.5 Å². The highest BCUT2D eigenvalue weighted by Crippen LogP contribution is 2.17. The van der Waals surface area contributed by atoms with E-state index in [1.165, 1.54) is 6.20 Å². The predicted octanol–water partition coefficient (Wildman–Crippen LogP) is 0.239. The molecular formula is C11H15N2O4S-. The molecule has 7 heteroatoms. The van der Waals surface area contributed by atoms with E-state index < -0.39 is 33.7 Å². The van der Waals surface area contributed by atoms with Gasteiger partial charge in [-0.2, -0.15) is 0 Å². The van der Waals surface area contributed by atoms with Gasteiger partial charge in [0.1, 0.15) is 5.56 Å². The Balaban J connectivity index is 3.08. The van der Waals surface area contributed by atoms with E-state index in [-0.39, 0.29) is 5.56 Å². The molecule has 0 radical (unpaired) electrons. The lowest BCUT2D eigenvalue weighted by Gasteiger charge is -2.18. The molecule has 2 N–H and O–H groups in total. The standard InChI is InChI=1S/C11H16N2O4S/c1-11(2,3)8-5-12-4-7(9(8)14)10(15)13-6-18(16)17/h4-5H,6H2,1-3H3,(H,12,14)(H,13,15)(H,16,17)/p-1. The first-order valence-electron chi connectivity index (χ1n) is 5.29. The van der Waals surface area contributed by atoms with E-state index >= 15 is 0 Å². The zero-order chi connectivity index (χ0) is 13.9. The van der Waals surface area contributed by atoms with Crippen LogP contribution in [0, 0.1) is 0 Å². The topological polar surface area (TPSA) is 102 Å². The van der Waals surface area contributed by atoms with Gasteiger partial charge in [0.05, 0.1) is 5.88 Å². The Labute approximate surface area is 107 Å². The molecule has 18 heavy (non-hydrogen) atoms. The predicted molar refractivity (Wildman–Crippen MR) is 67.0 cm³/mol. The molecule has 0 aromatic carbocycles. The molecule has 0 saturated carbocycles. The first kappa shape index (κ1) is 14.6. The lowest BCUT2D eigenvalue weighted by Crippen LogP contribution is -2.34. The Morgan fingerprint density at radius 3 is 2.56 bits per heavy atom. The number of aromatic nitrogens is 1. The Morgan fingerprint density at radius 2 is 2.06 bits per heavy atom. The van der Waals surface area contributed by atoms with Gasteiger partial charge in [-0.3, -0.25) is 13.8 Å². The Kier molecular flexibility index (Phi) is 4.42. The highest BCUT2D eigenvalue weighted by atomic mass is 32.2. The molecule has 1 atom stereocenters. The van der Waals surface area contributed by atoms with Crippen LogP contribution in [0.1, 0.15) is 36.7 Å². The van der Waals surface area contributed by atoms with Crippen molar-refractivity contribution in [2.45, 2.75) is 26.2 Å². The van der Waals surface area contributed by atoms with E-state index in [1.54, 1.807) is 6.20 Å². The van der Waals surface area contributed by atoms with Gasteiger partial charge in [-0.25, -0.2) is 0 Å². The summed E-state index contributed by atoms with van der Waals surface area (Å²) in [5.41, 5.74) is -0.410. The van der Waals surface area contributed by atoms with Crippen molar-refractivity contribution in [2.24, 2.45) is 0 Å². The SMILES string of the molecule is CC(C)(C)c1c[nH]cc(C(=O)NCS(=O)[O-])c1=O. The molecule has 0 saturated heterocycles. The fourth-order valence-corrected chi connectivity index (χ4v) is 1.68. The maximum Gasteiger partial charge on any atom is 0.257 e. The molecule has 0 fully saturated rings. The minimum absolute atomic E-state index is 0.0899. The van der Waals surface area contributed by atoms with Crippen molar-refractivity contribution in [1.29, 1.82) is 0 Å². The highest BCUT2D eigenvalue weighted by molar-refractivity contribution is 7.79. The zero-order valence-corrected chi connectivity index (χ0v) is 11.2. The molecule has 0 spiro atoms. The number of hydrogen-bond donors (Lipinski definition) is 2. The number of pyridine rings is 1. The summed E-state index contributed by atoms with van der Waals surface area (Å²) in [6, 6.07) is 0. The summed E-state index contributed by atoms with van der Waals surface area (Å²) in [7, 11) is 0. The number of aromatic amines is 1. The van der Waals surface area contributed by atoms with Gasteiger partial charge < -0.3 is 14.9 Å². The monoisotopic (exact) mass is 271 g/mol. The molecule has 0 aliphatic rings. The summed E-state index contributed by atoms with van der Waals surface area (Å²) in [6.45, 7) is 5.56. The van der Waals surface area contributed by atoms with E-state index in [2.05, 4.69) is 10.3 Å². The first-order valence-corrected chi connectivity index (χ1v) is 6.53. The minimum atomic E-state index is -2.38. The maximum absolute atomic E-state index is 12.1. The van der Waals surface area contributed by atoms with Crippen LogP contribution in [0.5, 0.6) is 0 Å². The van der Waals surface area contributed by atoms with Crippen LogP contribution < -0.4 is 10.7 Å². The van der Waals surface area contributed by atoms with Gasteiger partial charge in [0, 0.05) is 18.0 Å². The average molecular weight is 271 g/mol. The van der Waals surface area contributed by atoms with E-state index in [9.17, 15) is 18.4 Å². The van der Waals surface area contributed by atoms with Gasteiger partial charge in [-0.1, -0.05) is 20.8 Å². The fraction of sp³-hybridized carbons (Fsp3) is 0.455. The van der Waals surface area contributed by atoms with Crippen molar-refractivity contribution in [3.63, 3.8) is 0 Å². The molecule has 0 bridgehead atoms. The second-order valence-electron chi connectivity index (χ2n) is 4.82. The molecule has 100 valence electrons. The van der Waals surface area contributed by atoms with Crippen molar-refractivity contribution in [2.75, 3.05) is 5.88 Å². The normalized spacial score (nSPS) is 13.1. The van der Waals surface area contributed by atoms with Crippen LogP contribution in [0.2, 0.25) is 0 Å². The third-order valence-corrected chi connectivity index (χ3v) is 2.73. The van der Waals surface area contributed by atoms with Crippen molar-refractivity contribution in [1.82, 2.24) is 10.3 Å². The maximum atomic E-state index is 12.1. The Hall–Kier alpha value is -1.47. The van der Waals surface area contributed by atoms with Crippen LogP contribution >= 0.6 is 0 Å². The zero-order valence-electron chi connectivity index (χ0n) is 10.4. The van der Waals surface area contributed by atoms with Gasteiger partial charge >= 0.3 is 0 Å². The quantitative estimate of drug-likeness (QED) is 0.769. The summed E-state index contributed by atoms with van der Waals surface area (Å²) < 4.78 is 20.7. The van der Waals surface area contributed by atoms with Crippen LogP contribution in [-0.2, 0) is 16.5 Å². The summed E-state index contributed by atoms with van der Waals surface area (Å²) in [4.78, 5) is 26.4. The molecule has 1 unspecified atom stereocenters. The fourth-order valence-electron chi connectivity index (χ4n) is 1.43. The van der Waals surface area contributed by atoms with Gasteiger partial charge in [0.2, 0.25) is 0 Å². The molecule has 0 aliphatic carbocycles. The van der Waals surface area contributed by atoms with Gasteiger partial charge in [0.15, 0.2) is 5.43 Å². The summed E-state index contributed by atoms with van der Waals surface area (Å²) in [6.07, 6.45) is 2.81. The average Bonchev–Trinajstić information content (AvgIpc) is 2.24. The van der Waals surface area contributed by atoms with Crippen molar-refractivity contribution >= 4 is 17.0 Å². The second-order valence-corrected chi connectivity index (χ2v) is 5.71. The molecule has 6 nitrogen and oxygen atoms in total. The van der Waals surface area contributed by atoms with Gasteiger partial charge in [-0.15, -0.1) is 0 Å². The van der Waals surface area contributed by atoms with E-state index in [1.807, 2.05) is 20.8 Å². The number of amides is 1. The third kappa shape index (κ3) is 3.51. The molecule has 1 heterocycles. The molecule has 1 rings (SSSR count). The lowest BCUT2D eigenvalue weighted by molar-refractivity contribution is 0.0958. The summed E-state index contributed by atoms with van der Waals surface area (Å²) >= 11 is -2.38. The van der Waals surface area contributed by atoms with Gasteiger partial charge in [-0.05, 0) is 16.5 Å². The van der Waals surface area contributed by atoms with Crippen LogP contribution in [0.15, 0.2) is 17.2 Å². The second kappa shape index (κ2) is 5.45. The van der Waals surface area contributed by atoms with Crippen LogP contribution in [0.25, 0.3) is 0 Å². The number of H-pyrrole nitrogens is 1. The first-order chi connectivity index (χ1) is 8.23. The number of rotatable bonds is 3. The number of carbonyl (C=O) groups excluding carboxylic acids is 1.